The second-order valence-electron chi connectivity index (χ2n) is 4.91. The first kappa shape index (κ1) is 13.2. The summed E-state index contributed by atoms with van der Waals surface area (Å²) in [4.78, 5) is 24.9. The predicted octanol–water partition coefficient (Wildman–Crippen LogP) is -0.259. The first-order valence-electron chi connectivity index (χ1n) is 5.99. The molecule has 2 amide bonds. The summed E-state index contributed by atoms with van der Waals surface area (Å²) in [5.74, 6) is -4.48. The van der Waals surface area contributed by atoms with E-state index in [0.717, 1.165) is 12.8 Å². The smallest absolute Gasteiger partial charge is 0.287 e. The molecule has 1 saturated carbocycles. The van der Waals surface area contributed by atoms with Crippen LogP contribution in [0, 0.1) is 5.92 Å². The van der Waals surface area contributed by atoms with E-state index in [0.29, 0.717) is 6.54 Å². The van der Waals surface area contributed by atoms with Crippen molar-refractivity contribution in [3.05, 3.63) is 0 Å². The van der Waals surface area contributed by atoms with E-state index in [4.69, 9.17) is 5.11 Å². The normalized spacial score (nSPS) is 24.5. The van der Waals surface area contributed by atoms with Crippen LogP contribution in [-0.4, -0.2) is 53.5 Å². The maximum absolute atomic E-state index is 12.7. The Kier molecular flexibility index (Phi) is 3.52. The molecule has 0 aromatic heterocycles. The van der Waals surface area contributed by atoms with Crippen LogP contribution in [0.4, 0.5) is 8.78 Å². The van der Waals surface area contributed by atoms with Gasteiger partial charge in [-0.05, 0) is 12.8 Å². The van der Waals surface area contributed by atoms with Gasteiger partial charge < -0.3 is 15.3 Å². The lowest BCUT2D eigenvalue weighted by molar-refractivity contribution is -0.130. The van der Waals surface area contributed by atoms with Gasteiger partial charge in [-0.2, -0.15) is 0 Å². The monoisotopic (exact) mass is 262 g/mol. The number of halogens is 2. The number of hydrogen-bond donors (Lipinski definition) is 2. The minimum absolute atomic E-state index is 0.0773. The summed E-state index contributed by atoms with van der Waals surface area (Å²) in [6.45, 7) is -1.87. The van der Waals surface area contributed by atoms with Gasteiger partial charge in [-0.25, -0.2) is 8.78 Å². The molecular weight excluding hydrogens is 246 g/mol. The van der Waals surface area contributed by atoms with Crippen LogP contribution in [-0.2, 0) is 9.59 Å². The van der Waals surface area contributed by atoms with E-state index in [1.807, 2.05) is 0 Å². The molecule has 7 heteroatoms. The SMILES string of the molecule is O=C(NCC(F)(F)CO)C1CC(=O)N(C2CC2)C1. The molecule has 2 N–H and O–H groups in total. The number of aliphatic hydroxyl groups is 1. The van der Waals surface area contributed by atoms with Crippen LogP contribution in [0.3, 0.4) is 0 Å². The minimum atomic E-state index is -3.31. The van der Waals surface area contributed by atoms with Gasteiger partial charge in [-0.3, -0.25) is 9.59 Å². The average Bonchev–Trinajstić information content (AvgIpc) is 3.10. The number of carbonyl (C=O) groups excluding carboxylic acids is 2. The van der Waals surface area contributed by atoms with E-state index < -0.39 is 30.9 Å². The van der Waals surface area contributed by atoms with E-state index >= 15 is 0 Å². The molecule has 1 unspecified atom stereocenters. The van der Waals surface area contributed by atoms with Gasteiger partial charge in [0.15, 0.2) is 0 Å². The summed E-state index contributed by atoms with van der Waals surface area (Å²) >= 11 is 0. The third kappa shape index (κ3) is 2.95. The van der Waals surface area contributed by atoms with Gasteiger partial charge in [0.1, 0.15) is 6.61 Å². The van der Waals surface area contributed by atoms with Crippen molar-refractivity contribution in [1.82, 2.24) is 10.2 Å². The molecule has 0 spiro atoms. The fourth-order valence-corrected chi connectivity index (χ4v) is 2.06. The number of aliphatic hydroxyl groups excluding tert-OH is 1. The molecule has 0 bridgehead atoms. The second kappa shape index (κ2) is 4.79. The van der Waals surface area contributed by atoms with Crippen LogP contribution in [0.5, 0.6) is 0 Å². The Labute approximate surface area is 103 Å². The van der Waals surface area contributed by atoms with Crippen LogP contribution in [0.1, 0.15) is 19.3 Å². The molecule has 0 aromatic rings. The Balaban J connectivity index is 1.81. The van der Waals surface area contributed by atoms with Gasteiger partial charge in [0, 0.05) is 19.0 Å². The third-order valence-electron chi connectivity index (χ3n) is 3.27. The fourth-order valence-electron chi connectivity index (χ4n) is 2.06. The first-order chi connectivity index (χ1) is 8.43. The molecular formula is C11H16F2N2O3. The number of amides is 2. The number of likely N-dealkylation sites (tertiary alicyclic amines) is 1. The van der Waals surface area contributed by atoms with Crippen molar-refractivity contribution in [2.24, 2.45) is 5.92 Å². The van der Waals surface area contributed by atoms with Crippen LogP contribution in [0.15, 0.2) is 0 Å². The molecule has 1 atom stereocenters. The Hall–Kier alpha value is -1.24. The summed E-state index contributed by atoms with van der Waals surface area (Å²) in [5, 5.41) is 10.5. The van der Waals surface area contributed by atoms with Crippen LogP contribution >= 0.6 is 0 Å². The fraction of sp³-hybridized carbons (Fsp3) is 0.818. The second-order valence-corrected chi connectivity index (χ2v) is 4.91. The topological polar surface area (TPSA) is 69.6 Å². The lowest BCUT2D eigenvalue weighted by atomic mass is 10.1. The number of hydrogen-bond acceptors (Lipinski definition) is 3. The zero-order chi connectivity index (χ0) is 13.3. The molecule has 18 heavy (non-hydrogen) atoms. The van der Waals surface area contributed by atoms with Crippen molar-refractivity contribution in [3.63, 3.8) is 0 Å². The van der Waals surface area contributed by atoms with Crippen LogP contribution in [0.25, 0.3) is 0 Å². The van der Waals surface area contributed by atoms with Gasteiger partial charge in [0.2, 0.25) is 11.8 Å². The number of nitrogens with zero attached hydrogens (tertiary/aromatic N) is 1. The number of carbonyl (C=O) groups is 2. The van der Waals surface area contributed by atoms with Crippen molar-refractivity contribution in [1.29, 1.82) is 0 Å². The minimum Gasteiger partial charge on any atom is -0.390 e. The molecule has 1 aliphatic heterocycles. The van der Waals surface area contributed by atoms with Crippen molar-refractivity contribution in [2.75, 3.05) is 19.7 Å². The Morgan fingerprint density at radius 3 is 2.72 bits per heavy atom. The van der Waals surface area contributed by atoms with Gasteiger partial charge in [-0.1, -0.05) is 0 Å². The molecule has 0 aromatic carbocycles. The maximum Gasteiger partial charge on any atom is 0.287 e. The summed E-state index contributed by atoms with van der Waals surface area (Å²) in [7, 11) is 0. The Bertz CT molecular complexity index is 358. The zero-order valence-corrected chi connectivity index (χ0v) is 9.86. The molecule has 1 saturated heterocycles. The largest absolute Gasteiger partial charge is 0.390 e. The van der Waals surface area contributed by atoms with Gasteiger partial charge in [-0.15, -0.1) is 0 Å². The molecule has 5 nitrogen and oxygen atoms in total. The van der Waals surface area contributed by atoms with Crippen molar-refractivity contribution < 1.29 is 23.5 Å². The maximum atomic E-state index is 12.7. The van der Waals surface area contributed by atoms with Crippen molar-refractivity contribution >= 4 is 11.8 Å². The number of rotatable bonds is 5. The predicted molar refractivity (Wildman–Crippen MR) is 57.9 cm³/mol. The number of nitrogens with one attached hydrogen (secondary N) is 1. The van der Waals surface area contributed by atoms with E-state index in [9.17, 15) is 18.4 Å². The lowest BCUT2D eigenvalue weighted by Gasteiger charge is -2.17. The molecule has 1 aliphatic carbocycles. The van der Waals surface area contributed by atoms with E-state index in [-0.39, 0.29) is 18.4 Å². The molecule has 0 radical (unpaired) electrons. The quantitative estimate of drug-likeness (QED) is 0.717. The summed E-state index contributed by atoms with van der Waals surface area (Å²) < 4.78 is 25.5. The van der Waals surface area contributed by atoms with Gasteiger partial charge in [0.25, 0.3) is 5.92 Å². The first-order valence-corrected chi connectivity index (χ1v) is 5.99. The Morgan fingerprint density at radius 2 is 2.17 bits per heavy atom. The molecule has 102 valence electrons. The van der Waals surface area contributed by atoms with E-state index in [2.05, 4.69) is 5.32 Å². The zero-order valence-electron chi connectivity index (χ0n) is 9.86. The highest BCUT2D eigenvalue weighted by atomic mass is 19.3. The molecule has 1 heterocycles. The van der Waals surface area contributed by atoms with Gasteiger partial charge >= 0.3 is 0 Å². The highest BCUT2D eigenvalue weighted by molar-refractivity contribution is 5.89. The van der Waals surface area contributed by atoms with E-state index in [1.54, 1.807) is 4.90 Å². The average molecular weight is 262 g/mol. The van der Waals surface area contributed by atoms with Gasteiger partial charge in [0.05, 0.1) is 12.5 Å². The molecule has 2 aliphatic rings. The number of alkyl halides is 2. The summed E-state index contributed by atoms with van der Waals surface area (Å²) in [6.07, 6.45) is 2.01. The lowest BCUT2D eigenvalue weighted by Crippen LogP contribution is -2.42. The van der Waals surface area contributed by atoms with Crippen LogP contribution < -0.4 is 5.32 Å². The van der Waals surface area contributed by atoms with Crippen molar-refractivity contribution in [2.45, 2.75) is 31.2 Å². The summed E-state index contributed by atoms with van der Waals surface area (Å²) in [5.41, 5.74) is 0. The standard InChI is InChI=1S/C11H16F2N2O3/c12-11(13,6-16)5-14-10(18)7-3-9(17)15(4-7)8-1-2-8/h7-8,16H,1-6H2,(H,14,18). The highest BCUT2D eigenvalue weighted by Crippen LogP contribution is 2.32. The highest BCUT2D eigenvalue weighted by Gasteiger charge is 2.42. The Morgan fingerprint density at radius 1 is 1.50 bits per heavy atom. The molecule has 2 fully saturated rings. The van der Waals surface area contributed by atoms with E-state index in [1.165, 1.54) is 0 Å². The van der Waals surface area contributed by atoms with Crippen molar-refractivity contribution in [3.8, 4) is 0 Å². The van der Waals surface area contributed by atoms with Crippen LogP contribution in [0.2, 0.25) is 0 Å². The molecule has 2 rings (SSSR count). The summed E-state index contributed by atoms with van der Waals surface area (Å²) in [6, 6.07) is 0.245. The third-order valence-corrected chi connectivity index (χ3v) is 3.27.